The minimum Gasteiger partial charge on any atom is -0.465 e. The van der Waals surface area contributed by atoms with Crippen LogP contribution in [-0.4, -0.2) is 23.3 Å². The molecule has 1 heterocycles. The van der Waals surface area contributed by atoms with Crippen molar-refractivity contribution in [2.24, 2.45) is 11.3 Å². The number of carbonyl (C=O) groups excluding carboxylic acids is 2. The number of nitrogens with zero attached hydrogens (tertiary/aromatic N) is 1. The topological polar surface area (TPSA) is 98.5 Å². The van der Waals surface area contributed by atoms with Gasteiger partial charge in [0.05, 0.1) is 11.5 Å². The molecule has 148 valence electrons. The van der Waals surface area contributed by atoms with Gasteiger partial charge in [-0.3, -0.25) is 19.7 Å². The Morgan fingerprint density at radius 2 is 1.96 bits per heavy atom. The molecular weight excluding hydrogens is 360 g/mol. The van der Waals surface area contributed by atoms with Crippen molar-refractivity contribution < 1.29 is 19.2 Å². The van der Waals surface area contributed by atoms with Crippen LogP contribution in [0.5, 0.6) is 0 Å². The number of benzene rings is 1. The zero-order valence-electron chi connectivity index (χ0n) is 16.3. The molecule has 0 fully saturated rings. The number of carbonyl (C=O) groups is 2. The fourth-order valence-corrected chi connectivity index (χ4v) is 4.12. The molecule has 0 radical (unpaired) electrons. The van der Waals surface area contributed by atoms with Crippen LogP contribution in [0.15, 0.2) is 47.8 Å². The fraction of sp³-hybridized carbons (Fsp3) is 0.429. The van der Waals surface area contributed by atoms with Gasteiger partial charge in [-0.25, -0.2) is 0 Å². The summed E-state index contributed by atoms with van der Waals surface area (Å²) in [6.45, 7) is 10.00. The first-order chi connectivity index (χ1) is 13.1. The Kier molecular flexibility index (Phi) is 5.10. The van der Waals surface area contributed by atoms with E-state index >= 15 is 0 Å². The first kappa shape index (κ1) is 19.8. The van der Waals surface area contributed by atoms with Gasteiger partial charge in [0.1, 0.15) is 5.92 Å². The summed E-state index contributed by atoms with van der Waals surface area (Å²) in [5.41, 5.74) is 2.22. The van der Waals surface area contributed by atoms with Crippen molar-refractivity contribution in [3.05, 3.63) is 63.5 Å². The van der Waals surface area contributed by atoms with Gasteiger partial charge in [-0.15, -0.1) is 0 Å². The standard InChI is InChI=1S/C21H24N2O5/c1-5-28-20(25)17-12(2)22-15-10-21(3,4)11-16(24)19(15)18(17)13-6-8-14(9-7-13)23(26)27/h6-9,17-18,22H,2,5,10-11H2,1,3-4H3. The van der Waals surface area contributed by atoms with Crippen molar-refractivity contribution >= 4 is 17.4 Å². The summed E-state index contributed by atoms with van der Waals surface area (Å²) in [6, 6.07) is 5.98. The first-order valence-corrected chi connectivity index (χ1v) is 9.27. The monoisotopic (exact) mass is 384 g/mol. The molecule has 7 nitrogen and oxygen atoms in total. The third-order valence-electron chi connectivity index (χ3n) is 5.25. The van der Waals surface area contributed by atoms with Gasteiger partial charge in [-0.05, 0) is 24.3 Å². The molecule has 1 aliphatic carbocycles. The molecule has 0 aromatic heterocycles. The number of esters is 1. The van der Waals surface area contributed by atoms with E-state index in [0.717, 1.165) is 5.70 Å². The molecule has 0 spiro atoms. The molecule has 7 heteroatoms. The number of hydrogen-bond acceptors (Lipinski definition) is 6. The summed E-state index contributed by atoms with van der Waals surface area (Å²) in [5, 5.41) is 14.2. The molecule has 0 bridgehead atoms. The van der Waals surface area contributed by atoms with Crippen LogP contribution < -0.4 is 5.32 Å². The molecule has 28 heavy (non-hydrogen) atoms. The molecule has 1 aromatic rings. The molecule has 0 saturated carbocycles. The zero-order valence-corrected chi connectivity index (χ0v) is 16.3. The number of nitrogens with one attached hydrogen (secondary N) is 1. The third-order valence-corrected chi connectivity index (χ3v) is 5.25. The molecular formula is C21H24N2O5. The summed E-state index contributed by atoms with van der Waals surface area (Å²) < 4.78 is 5.24. The second kappa shape index (κ2) is 7.22. The highest BCUT2D eigenvalue weighted by atomic mass is 16.6. The molecule has 3 rings (SSSR count). The smallest absolute Gasteiger partial charge is 0.315 e. The Bertz CT molecular complexity index is 883. The minimum atomic E-state index is -0.773. The highest BCUT2D eigenvalue weighted by molar-refractivity contribution is 6.00. The van der Waals surface area contributed by atoms with E-state index in [-0.39, 0.29) is 23.5 Å². The molecule has 1 N–H and O–H groups in total. The molecule has 0 saturated heterocycles. The van der Waals surface area contributed by atoms with Crippen LogP contribution >= 0.6 is 0 Å². The van der Waals surface area contributed by atoms with Gasteiger partial charge in [0.25, 0.3) is 5.69 Å². The molecule has 2 atom stereocenters. The average Bonchev–Trinajstić information content (AvgIpc) is 2.59. The van der Waals surface area contributed by atoms with Gasteiger partial charge in [-0.2, -0.15) is 0 Å². The second-order valence-corrected chi connectivity index (χ2v) is 8.04. The molecule has 1 aromatic carbocycles. The molecule has 1 aliphatic heterocycles. The van der Waals surface area contributed by atoms with E-state index in [0.29, 0.717) is 29.7 Å². The van der Waals surface area contributed by atoms with Crippen LogP contribution in [0.3, 0.4) is 0 Å². The van der Waals surface area contributed by atoms with E-state index in [4.69, 9.17) is 4.74 Å². The maximum absolute atomic E-state index is 13.0. The van der Waals surface area contributed by atoms with Crippen LogP contribution in [0.4, 0.5) is 5.69 Å². The molecule has 2 unspecified atom stereocenters. The molecule has 0 amide bonds. The van der Waals surface area contributed by atoms with Crippen LogP contribution in [0, 0.1) is 21.4 Å². The van der Waals surface area contributed by atoms with Crippen LogP contribution in [0.1, 0.15) is 45.1 Å². The van der Waals surface area contributed by atoms with Crippen LogP contribution in [0.25, 0.3) is 0 Å². The number of ether oxygens (including phenoxy) is 1. The van der Waals surface area contributed by atoms with Crippen molar-refractivity contribution in [1.29, 1.82) is 0 Å². The second-order valence-electron chi connectivity index (χ2n) is 8.04. The van der Waals surface area contributed by atoms with Crippen molar-refractivity contribution in [3.63, 3.8) is 0 Å². The maximum atomic E-state index is 13.0. The Hall–Kier alpha value is -2.96. The normalized spacial score (nSPS) is 23.7. The van der Waals surface area contributed by atoms with E-state index in [1.807, 2.05) is 13.8 Å². The van der Waals surface area contributed by atoms with Gasteiger partial charge in [0, 0.05) is 41.4 Å². The lowest BCUT2D eigenvalue weighted by molar-refractivity contribution is -0.384. The van der Waals surface area contributed by atoms with E-state index in [1.54, 1.807) is 19.1 Å². The van der Waals surface area contributed by atoms with Gasteiger partial charge in [-0.1, -0.05) is 32.6 Å². The number of nitro benzene ring substituents is 1. The number of non-ortho nitro benzene ring substituents is 1. The summed E-state index contributed by atoms with van der Waals surface area (Å²) in [5.74, 6) is -1.84. The van der Waals surface area contributed by atoms with E-state index < -0.39 is 22.7 Å². The minimum absolute atomic E-state index is 0.0242. The Morgan fingerprint density at radius 3 is 2.54 bits per heavy atom. The summed E-state index contributed by atoms with van der Waals surface area (Å²) in [6.07, 6.45) is 1.03. The van der Waals surface area contributed by atoms with Gasteiger partial charge in [0.15, 0.2) is 5.78 Å². The largest absolute Gasteiger partial charge is 0.465 e. The number of Topliss-reactive ketones (excluding diaryl/α,β-unsaturated/α-hetero) is 1. The molecule has 2 aliphatic rings. The van der Waals surface area contributed by atoms with Crippen molar-refractivity contribution in [3.8, 4) is 0 Å². The summed E-state index contributed by atoms with van der Waals surface area (Å²) in [7, 11) is 0. The first-order valence-electron chi connectivity index (χ1n) is 9.27. The van der Waals surface area contributed by atoms with Gasteiger partial charge >= 0.3 is 5.97 Å². The predicted molar refractivity (Wildman–Crippen MR) is 103 cm³/mol. The van der Waals surface area contributed by atoms with Crippen LogP contribution in [0.2, 0.25) is 0 Å². The average molecular weight is 384 g/mol. The van der Waals surface area contributed by atoms with E-state index in [1.165, 1.54) is 12.1 Å². The third kappa shape index (κ3) is 3.56. The number of nitro groups is 1. The Balaban J connectivity index is 2.14. The van der Waals surface area contributed by atoms with Gasteiger partial charge < -0.3 is 10.1 Å². The number of rotatable bonds is 4. The quantitative estimate of drug-likeness (QED) is 0.484. The maximum Gasteiger partial charge on any atom is 0.315 e. The Morgan fingerprint density at radius 1 is 1.32 bits per heavy atom. The van der Waals surface area contributed by atoms with Crippen molar-refractivity contribution in [1.82, 2.24) is 5.32 Å². The number of allylic oxidation sites excluding steroid dienone is 2. The lowest BCUT2D eigenvalue weighted by Crippen LogP contribution is -2.43. The summed E-state index contributed by atoms with van der Waals surface area (Å²) in [4.78, 5) is 36.3. The van der Waals surface area contributed by atoms with Gasteiger partial charge in [0.2, 0.25) is 0 Å². The van der Waals surface area contributed by atoms with Crippen molar-refractivity contribution in [2.45, 2.75) is 39.5 Å². The highest BCUT2D eigenvalue weighted by Gasteiger charge is 2.46. The van der Waals surface area contributed by atoms with Crippen LogP contribution in [-0.2, 0) is 14.3 Å². The van der Waals surface area contributed by atoms with Crippen molar-refractivity contribution in [2.75, 3.05) is 6.61 Å². The zero-order chi connectivity index (χ0) is 20.6. The van der Waals surface area contributed by atoms with E-state index in [2.05, 4.69) is 11.9 Å². The fourth-order valence-electron chi connectivity index (χ4n) is 4.12. The summed E-state index contributed by atoms with van der Waals surface area (Å²) >= 11 is 0. The SMILES string of the molecule is C=C1NC2=C(C(=O)CC(C)(C)C2)C(c2ccc([N+](=O)[O-])cc2)C1C(=O)OCC. The number of hydrogen-bond donors (Lipinski definition) is 1. The lowest BCUT2D eigenvalue weighted by Gasteiger charge is -2.42. The lowest BCUT2D eigenvalue weighted by atomic mass is 9.66. The highest BCUT2D eigenvalue weighted by Crippen LogP contribution is 2.48. The predicted octanol–water partition coefficient (Wildman–Crippen LogP) is 3.62. The van der Waals surface area contributed by atoms with E-state index in [9.17, 15) is 19.7 Å². The number of ketones is 1. The Labute approximate surface area is 163 Å².